The molecule has 2 aromatic rings. The Labute approximate surface area is 150 Å². The van der Waals surface area contributed by atoms with E-state index in [1.165, 1.54) is 13.8 Å². The van der Waals surface area contributed by atoms with E-state index in [4.69, 9.17) is 23.2 Å². The van der Waals surface area contributed by atoms with E-state index in [2.05, 4.69) is 4.74 Å². The van der Waals surface area contributed by atoms with Crippen LogP contribution in [0, 0.1) is 0 Å². The Bertz CT molecular complexity index is 779. The summed E-state index contributed by atoms with van der Waals surface area (Å²) >= 11 is 12.1. The molecule has 0 bridgehead atoms. The van der Waals surface area contributed by atoms with Crippen LogP contribution in [0.5, 0.6) is 0 Å². The van der Waals surface area contributed by atoms with Crippen molar-refractivity contribution in [1.82, 2.24) is 0 Å². The molecule has 126 valence electrons. The van der Waals surface area contributed by atoms with Gasteiger partial charge in [0.05, 0.1) is 6.42 Å². The maximum absolute atomic E-state index is 12.0. The van der Waals surface area contributed by atoms with E-state index in [1.807, 2.05) is 12.1 Å². The van der Waals surface area contributed by atoms with Crippen molar-refractivity contribution in [3.63, 3.8) is 0 Å². The van der Waals surface area contributed by atoms with E-state index < -0.39 is 17.5 Å². The lowest BCUT2D eigenvalue weighted by atomic mass is 9.97. The van der Waals surface area contributed by atoms with Gasteiger partial charge in [0.2, 0.25) is 0 Å². The highest BCUT2D eigenvalue weighted by Crippen LogP contribution is 2.32. The average molecular weight is 367 g/mol. The average Bonchev–Trinajstić information content (AvgIpc) is 2.47. The van der Waals surface area contributed by atoms with Crippen LogP contribution >= 0.6 is 23.2 Å². The number of hydrogen-bond acceptors (Lipinski definition) is 4. The third-order valence-electron chi connectivity index (χ3n) is 3.28. The molecule has 24 heavy (non-hydrogen) atoms. The van der Waals surface area contributed by atoms with Crippen molar-refractivity contribution in [3.05, 3.63) is 58.1 Å². The molecule has 0 aliphatic carbocycles. The molecule has 2 rings (SSSR count). The van der Waals surface area contributed by atoms with Crippen LogP contribution in [0.25, 0.3) is 11.1 Å². The first-order valence-corrected chi connectivity index (χ1v) is 7.95. The van der Waals surface area contributed by atoms with Crippen LogP contribution in [0.15, 0.2) is 42.5 Å². The van der Waals surface area contributed by atoms with E-state index >= 15 is 0 Å². The molecule has 0 amide bonds. The summed E-state index contributed by atoms with van der Waals surface area (Å²) in [7, 11) is 0. The van der Waals surface area contributed by atoms with Gasteiger partial charge in [0.1, 0.15) is 0 Å². The van der Waals surface area contributed by atoms with E-state index in [-0.39, 0.29) is 6.42 Å². The van der Waals surface area contributed by atoms with Gasteiger partial charge in [-0.25, -0.2) is 4.79 Å². The van der Waals surface area contributed by atoms with E-state index in [0.29, 0.717) is 15.6 Å². The fourth-order valence-corrected chi connectivity index (χ4v) is 2.58. The van der Waals surface area contributed by atoms with Crippen molar-refractivity contribution in [1.29, 1.82) is 0 Å². The van der Waals surface area contributed by atoms with Crippen molar-refractivity contribution in [3.8, 4) is 11.1 Å². The second-order valence-corrected chi connectivity index (χ2v) is 6.62. The summed E-state index contributed by atoms with van der Waals surface area (Å²) in [5.74, 6) is -1.74. The standard InChI is InChI=1S/C18H16Cl2O4/c1-18(2,23)17(22)24-16(21)9-11-5-3-4-6-13(11)14-8-7-12(19)10-15(14)20/h3-8,10,23H,9H2,1-2H3. The number of halogens is 2. The molecule has 6 heteroatoms. The lowest BCUT2D eigenvalue weighted by Crippen LogP contribution is -2.35. The fourth-order valence-electron chi connectivity index (χ4n) is 2.06. The summed E-state index contributed by atoms with van der Waals surface area (Å²) in [5, 5.41) is 10.5. The van der Waals surface area contributed by atoms with Crippen molar-refractivity contribution in [2.75, 3.05) is 0 Å². The van der Waals surface area contributed by atoms with Gasteiger partial charge >= 0.3 is 11.9 Å². The molecular formula is C18H16Cl2O4. The van der Waals surface area contributed by atoms with Crippen LogP contribution in [0.1, 0.15) is 19.4 Å². The molecule has 0 aliphatic rings. The van der Waals surface area contributed by atoms with Crippen LogP contribution in [0.3, 0.4) is 0 Å². The van der Waals surface area contributed by atoms with Crippen molar-refractivity contribution >= 4 is 35.1 Å². The zero-order chi connectivity index (χ0) is 17.9. The van der Waals surface area contributed by atoms with Gasteiger partial charge < -0.3 is 9.84 Å². The van der Waals surface area contributed by atoms with Gasteiger partial charge in [-0.3, -0.25) is 4.79 Å². The highest BCUT2D eigenvalue weighted by atomic mass is 35.5. The summed E-state index contributed by atoms with van der Waals surface area (Å²) in [4.78, 5) is 23.6. The first-order valence-electron chi connectivity index (χ1n) is 7.19. The Kier molecular flexibility index (Phi) is 5.65. The van der Waals surface area contributed by atoms with Crippen LogP contribution in [-0.2, 0) is 20.7 Å². The van der Waals surface area contributed by atoms with E-state index in [9.17, 15) is 14.7 Å². The molecule has 0 saturated heterocycles. The second kappa shape index (κ2) is 7.34. The molecule has 0 fully saturated rings. The predicted molar refractivity (Wildman–Crippen MR) is 93.0 cm³/mol. The summed E-state index contributed by atoms with van der Waals surface area (Å²) in [6.45, 7) is 2.51. The highest BCUT2D eigenvalue weighted by molar-refractivity contribution is 6.36. The van der Waals surface area contributed by atoms with E-state index in [0.717, 1.165) is 11.1 Å². The van der Waals surface area contributed by atoms with Gasteiger partial charge in [-0.1, -0.05) is 53.5 Å². The molecule has 2 aromatic carbocycles. The monoisotopic (exact) mass is 366 g/mol. The van der Waals surface area contributed by atoms with Gasteiger partial charge in [0, 0.05) is 15.6 Å². The van der Waals surface area contributed by atoms with Gasteiger partial charge in [0.15, 0.2) is 5.60 Å². The predicted octanol–water partition coefficient (Wildman–Crippen LogP) is 4.04. The number of benzene rings is 2. The normalized spacial score (nSPS) is 11.2. The Morgan fingerprint density at radius 3 is 2.38 bits per heavy atom. The summed E-state index contributed by atoms with van der Waals surface area (Å²) in [6.07, 6.45) is -0.128. The van der Waals surface area contributed by atoms with Crippen molar-refractivity contribution in [2.24, 2.45) is 0 Å². The van der Waals surface area contributed by atoms with Crippen LogP contribution in [0.2, 0.25) is 10.0 Å². The first-order chi connectivity index (χ1) is 11.2. The maximum atomic E-state index is 12.0. The number of esters is 2. The molecule has 0 spiro atoms. The van der Waals surface area contributed by atoms with Crippen molar-refractivity contribution < 1.29 is 19.4 Å². The summed E-state index contributed by atoms with van der Waals surface area (Å²) < 4.78 is 4.68. The molecule has 1 N–H and O–H groups in total. The Morgan fingerprint density at radius 1 is 1.08 bits per heavy atom. The quantitative estimate of drug-likeness (QED) is 0.654. The summed E-state index contributed by atoms with van der Waals surface area (Å²) in [5.41, 5.74) is 0.384. The molecule has 4 nitrogen and oxygen atoms in total. The molecule has 0 saturated carbocycles. The van der Waals surface area contributed by atoms with Gasteiger partial charge in [-0.15, -0.1) is 0 Å². The highest BCUT2D eigenvalue weighted by Gasteiger charge is 2.28. The minimum absolute atomic E-state index is 0.128. The third kappa shape index (κ3) is 4.57. The largest absolute Gasteiger partial charge is 0.391 e. The number of carbonyl (C=O) groups excluding carboxylic acids is 2. The van der Waals surface area contributed by atoms with Crippen LogP contribution in [-0.4, -0.2) is 22.6 Å². The SMILES string of the molecule is CC(C)(O)C(=O)OC(=O)Cc1ccccc1-c1ccc(Cl)cc1Cl. The molecule has 0 radical (unpaired) electrons. The second-order valence-electron chi connectivity index (χ2n) is 5.78. The Balaban J connectivity index is 2.26. The fraction of sp³-hybridized carbons (Fsp3) is 0.222. The first kappa shape index (κ1) is 18.5. The zero-order valence-corrected chi connectivity index (χ0v) is 14.7. The van der Waals surface area contributed by atoms with Gasteiger partial charge in [-0.05, 0) is 37.1 Å². The zero-order valence-electron chi connectivity index (χ0n) is 13.2. The minimum atomic E-state index is -1.73. The maximum Gasteiger partial charge on any atom is 0.345 e. The van der Waals surface area contributed by atoms with Crippen molar-refractivity contribution in [2.45, 2.75) is 25.9 Å². The molecule has 0 unspecified atom stereocenters. The molecule has 0 heterocycles. The van der Waals surface area contributed by atoms with Gasteiger partial charge in [-0.2, -0.15) is 0 Å². The lowest BCUT2D eigenvalue weighted by molar-refractivity contribution is -0.171. The molecular weight excluding hydrogens is 351 g/mol. The summed E-state index contributed by atoms with van der Waals surface area (Å²) in [6, 6.07) is 12.2. The number of hydrogen-bond donors (Lipinski definition) is 1. The number of rotatable bonds is 4. The number of ether oxygens (including phenoxy) is 1. The van der Waals surface area contributed by atoms with E-state index in [1.54, 1.807) is 30.3 Å². The Morgan fingerprint density at radius 2 is 1.75 bits per heavy atom. The molecule has 0 aliphatic heterocycles. The number of carbonyl (C=O) groups is 2. The topological polar surface area (TPSA) is 63.6 Å². The molecule has 0 atom stereocenters. The van der Waals surface area contributed by atoms with Gasteiger partial charge in [0.25, 0.3) is 0 Å². The minimum Gasteiger partial charge on any atom is -0.391 e. The lowest BCUT2D eigenvalue weighted by Gasteiger charge is -2.15. The van der Waals surface area contributed by atoms with Crippen LogP contribution < -0.4 is 0 Å². The molecule has 0 aromatic heterocycles. The number of aliphatic hydroxyl groups is 1. The third-order valence-corrected chi connectivity index (χ3v) is 3.83. The van der Waals surface area contributed by atoms with Crippen LogP contribution in [0.4, 0.5) is 0 Å². The Hall–Kier alpha value is -1.88. The smallest absolute Gasteiger partial charge is 0.345 e.